The van der Waals surface area contributed by atoms with Crippen molar-refractivity contribution in [3.8, 4) is 0 Å². The van der Waals surface area contributed by atoms with Crippen molar-refractivity contribution in [3.63, 3.8) is 0 Å². The first-order valence-electron chi connectivity index (χ1n) is 9.96. The van der Waals surface area contributed by atoms with E-state index in [2.05, 4.69) is 16.9 Å². The second-order valence-electron chi connectivity index (χ2n) is 7.26. The molecule has 8 heteroatoms. The molecule has 0 unspecified atom stereocenters. The molecule has 0 radical (unpaired) electrons. The number of carbonyl (C=O) groups excluding carboxylic acids is 1. The Hall–Kier alpha value is -2.51. The van der Waals surface area contributed by atoms with Gasteiger partial charge in [0.25, 0.3) is 15.9 Å². The zero-order chi connectivity index (χ0) is 21.6. The number of nitrogens with zero attached hydrogens (tertiary/aromatic N) is 1. The summed E-state index contributed by atoms with van der Waals surface area (Å²) in [6, 6.07) is 13.0. The van der Waals surface area contributed by atoms with Gasteiger partial charge < -0.3 is 5.43 Å². The molecular formula is C22H26ClN3O3S. The average Bonchev–Trinajstić information content (AvgIpc) is 3.00. The molecule has 1 amide bonds. The van der Waals surface area contributed by atoms with Crippen LogP contribution in [0.3, 0.4) is 0 Å². The lowest BCUT2D eigenvalue weighted by Crippen LogP contribution is -2.45. The van der Waals surface area contributed by atoms with Crippen molar-refractivity contribution in [2.45, 2.75) is 43.9 Å². The van der Waals surface area contributed by atoms with Gasteiger partial charge in [-0.25, -0.2) is 8.42 Å². The minimum Gasteiger partial charge on any atom is -0.303 e. The Bertz CT molecular complexity index is 1020. The number of hydrogen-bond donors (Lipinski definition) is 2. The number of benzene rings is 2. The Morgan fingerprint density at radius 2 is 1.87 bits per heavy atom. The van der Waals surface area contributed by atoms with Crippen LogP contribution in [0.5, 0.6) is 0 Å². The van der Waals surface area contributed by atoms with E-state index in [9.17, 15) is 13.2 Å². The highest BCUT2D eigenvalue weighted by atomic mass is 35.5. The fourth-order valence-electron chi connectivity index (χ4n) is 3.37. The molecule has 0 fully saturated rings. The Balaban J connectivity index is 1.84. The van der Waals surface area contributed by atoms with Crippen molar-refractivity contribution in [1.82, 2.24) is 10.9 Å². The van der Waals surface area contributed by atoms with E-state index in [0.717, 1.165) is 42.1 Å². The molecule has 2 N–H and O–H groups in total. The molecule has 30 heavy (non-hydrogen) atoms. The Kier molecular flexibility index (Phi) is 7.39. The zero-order valence-electron chi connectivity index (χ0n) is 16.9. The molecule has 3 rings (SSSR count). The summed E-state index contributed by atoms with van der Waals surface area (Å²) < 4.78 is 27.8. The van der Waals surface area contributed by atoms with E-state index in [1.807, 2.05) is 0 Å². The van der Waals surface area contributed by atoms with E-state index in [4.69, 9.17) is 11.6 Å². The highest BCUT2D eigenvalue weighted by Crippen LogP contribution is 2.28. The third kappa shape index (κ3) is 5.55. The number of rotatable bonds is 7. The van der Waals surface area contributed by atoms with Gasteiger partial charge in [-0.05, 0) is 68.5 Å². The number of halogens is 1. The summed E-state index contributed by atoms with van der Waals surface area (Å²) in [5.41, 5.74) is 7.63. The molecule has 2 aromatic carbocycles. The smallest absolute Gasteiger partial charge is 0.264 e. The fourth-order valence-corrected chi connectivity index (χ4v) is 5.10. The minimum atomic E-state index is -3.95. The minimum absolute atomic E-state index is 0.117. The summed E-state index contributed by atoms with van der Waals surface area (Å²) in [5, 5.41) is 0.500. The number of hydrogen-bond acceptors (Lipinski definition) is 4. The summed E-state index contributed by atoms with van der Waals surface area (Å²) in [4.78, 5) is 12.8. The highest BCUT2D eigenvalue weighted by Gasteiger charge is 2.28. The first-order valence-corrected chi connectivity index (χ1v) is 11.8. The van der Waals surface area contributed by atoms with Crippen molar-refractivity contribution >= 4 is 33.2 Å². The van der Waals surface area contributed by atoms with Gasteiger partial charge in [0.15, 0.2) is 0 Å². The van der Waals surface area contributed by atoms with E-state index in [-0.39, 0.29) is 11.4 Å². The van der Waals surface area contributed by atoms with Gasteiger partial charge in [0.1, 0.15) is 6.54 Å². The van der Waals surface area contributed by atoms with Crippen LogP contribution in [0.25, 0.3) is 0 Å². The Labute approximate surface area is 182 Å². The second-order valence-corrected chi connectivity index (χ2v) is 9.56. The standard InChI is InChI=1S/C22H26ClN3O3S/c1-17-15-18(23)13-14-21(17)26(30(28,29)20-11-7-4-8-12-20)16-22(27)25-24-19-9-5-2-3-6-10-19/h4,7-9,11-15,24H,2-3,5-6,10,16H2,1H3,(H,25,27). The van der Waals surface area contributed by atoms with Crippen LogP contribution in [0.4, 0.5) is 5.69 Å². The van der Waals surface area contributed by atoms with Gasteiger partial charge in [-0.3, -0.25) is 14.5 Å². The van der Waals surface area contributed by atoms with E-state index >= 15 is 0 Å². The molecular weight excluding hydrogens is 422 g/mol. The summed E-state index contributed by atoms with van der Waals surface area (Å²) in [7, 11) is -3.95. The average molecular weight is 448 g/mol. The maximum absolute atomic E-state index is 13.3. The number of carbonyl (C=O) groups is 1. The van der Waals surface area contributed by atoms with Crippen molar-refractivity contribution in [1.29, 1.82) is 0 Å². The third-order valence-corrected chi connectivity index (χ3v) is 6.96. The maximum Gasteiger partial charge on any atom is 0.264 e. The molecule has 0 atom stereocenters. The van der Waals surface area contributed by atoms with Crippen LogP contribution in [-0.2, 0) is 14.8 Å². The molecule has 1 aliphatic carbocycles. The van der Waals surface area contributed by atoms with Crippen LogP contribution >= 0.6 is 11.6 Å². The van der Waals surface area contributed by atoms with Crippen molar-refractivity contribution < 1.29 is 13.2 Å². The van der Waals surface area contributed by atoms with Gasteiger partial charge in [0.05, 0.1) is 10.6 Å². The summed E-state index contributed by atoms with van der Waals surface area (Å²) in [6.07, 6.45) is 7.27. The highest BCUT2D eigenvalue weighted by molar-refractivity contribution is 7.92. The third-order valence-electron chi connectivity index (χ3n) is 4.95. The van der Waals surface area contributed by atoms with Crippen LogP contribution in [0.2, 0.25) is 5.02 Å². The summed E-state index contributed by atoms with van der Waals surface area (Å²) in [6.45, 7) is 1.40. The van der Waals surface area contributed by atoms with Gasteiger partial charge in [0.2, 0.25) is 0 Å². The molecule has 0 aliphatic heterocycles. The number of allylic oxidation sites excluding steroid dienone is 2. The molecule has 0 saturated heterocycles. The summed E-state index contributed by atoms with van der Waals surface area (Å²) >= 11 is 6.04. The van der Waals surface area contributed by atoms with Crippen LogP contribution in [-0.4, -0.2) is 20.9 Å². The quantitative estimate of drug-likeness (QED) is 0.620. The van der Waals surface area contributed by atoms with Crippen LogP contribution in [0.1, 0.15) is 37.7 Å². The lowest BCUT2D eigenvalue weighted by molar-refractivity contribution is -0.120. The predicted octanol–water partition coefficient (Wildman–Crippen LogP) is 4.31. The first-order chi connectivity index (χ1) is 14.4. The predicted molar refractivity (Wildman–Crippen MR) is 120 cm³/mol. The molecule has 1 aliphatic rings. The molecule has 0 bridgehead atoms. The molecule has 0 saturated carbocycles. The number of hydrazine groups is 1. The molecule has 6 nitrogen and oxygen atoms in total. The number of anilines is 1. The van der Waals surface area contributed by atoms with Crippen molar-refractivity contribution in [3.05, 3.63) is 70.9 Å². The van der Waals surface area contributed by atoms with E-state index in [1.165, 1.54) is 12.1 Å². The van der Waals surface area contributed by atoms with Crippen molar-refractivity contribution in [2.24, 2.45) is 0 Å². The molecule has 0 spiro atoms. The SMILES string of the molecule is Cc1cc(Cl)ccc1N(CC(=O)NNC1=CCCCCC1)S(=O)(=O)c1ccccc1. The zero-order valence-corrected chi connectivity index (χ0v) is 18.5. The summed E-state index contributed by atoms with van der Waals surface area (Å²) in [5.74, 6) is -0.450. The lowest BCUT2D eigenvalue weighted by Gasteiger charge is -2.26. The van der Waals surface area contributed by atoms with E-state index in [1.54, 1.807) is 43.3 Å². The topological polar surface area (TPSA) is 78.5 Å². The van der Waals surface area contributed by atoms with Gasteiger partial charge in [-0.1, -0.05) is 42.3 Å². The van der Waals surface area contributed by atoms with Gasteiger partial charge in [-0.2, -0.15) is 0 Å². The lowest BCUT2D eigenvalue weighted by atomic mass is 10.2. The van der Waals surface area contributed by atoms with Crippen LogP contribution < -0.4 is 15.2 Å². The largest absolute Gasteiger partial charge is 0.303 e. The molecule has 0 heterocycles. The number of sulfonamides is 1. The number of aryl methyl sites for hydroxylation is 1. The number of nitrogens with one attached hydrogen (secondary N) is 2. The fraction of sp³-hybridized carbons (Fsp3) is 0.318. The maximum atomic E-state index is 13.3. The van der Waals surface area contributed by atoms with Gasteiger partial charge in [-0.15, -0.1) is 0 Å². The normalized spacial score (nSPS) is 14.4. The number of amides is 1. The van der Waals surface area contributed by atoms with Crippen LogP contribution in [0.15, 0.2) is 65.2 Å². The van der Waals surface area contributed by atoms with E-state index in [0.29, 0.717) is 16.3 Å². The van der Waals surface area contributed by atoms with E-state index < -0.39 is 15.9 Å². The second kappa shape index (κ2) is 10.00. The van der Waals surface area contributed by atoms with Crippen LogP contribution in [0, 0.1) is 6.92 Å². The van der Waals surface area contributed by atoms with Gasteiger partial charge in [0, 0.05) is 10.7 Å². The van der Waals surface area contributed by atoms with Crippen molar-refractivity contribution in [2.75, 3.05) is 10.8 Å². The Morgan fingerprint density at radius 1 is 1.10 bits per heavy atom. The molecule has 0 aromatic heterocycles. The Morgan fingerprint density at radius 3 is 2.60 bits per heavy atom. The monoisotopic (exact) mass is 447 g/mol. The molecule has 160 valence electrons. The first kappa shape index (κ1) is 22.2. The van der Waals surface area contributed by atoms with Gasteiger partial charge >= 0.3 is 0 Å². The molecule has 2 aromatic rings.